The summed E-state index contributed by atoms with van der Waals surface area (Å²) in [7, 11) is 1.55. The highest BCUT2D eigenvalue weighted by molar-refractivity contribution is 9.10. The van der Waals surface area contributed by atoms with Crippen molar-refractivity contribution in [3.05, 3.63) is 92.3 Å². The Bertz CT molecular complexity index is 1220. The summed E-state index contributed by atoms with van der Waals surface area (Å²) in [5.74, 6) is 0.761. The lowest BCUT2D eigenvalue weighted by atomic mass is 10.1. The third kappa shape index (κ3) is 5.02. The monoisotopic (exact) mass is 545 g/mol. The number of carbonyl (C=O) groups is 1. The van der Waals surface area contributed by atoms with Crippen molar-refractivity contribution in [1.82, 2.24) is 0 Å². The summed E-state index contributed by atoms with van der Waals surface area (Å²) in [5.41, 5.74) is 2.45. The molecule has 162 valence electrons. The van der Waals surface area contributed by atoms with E-state index in [0.29, 0.717) is 43.6 Å². The predicted octanol–water partition coefficient (Wildman–Crippen LogP) is 7.10. The molecule has 1 aliphatic heterocycles. The maximum atomic E-state index is 13.0. The molecule has 0 bridgehead atoms. The number of carbonyl (C=O) groups excluding carboxylic acids is 1. The van der Waals surface area contributed by atoms with Crippen molar-refractivity contribution < 1.29 is 14.3 Å². The lowest BCUT2D eigenvalue weighted by Gasteiger charge is -2.15. The molecule has 1 fully saturated rings. The molecule has 0 aliphatic carbocycles. The number of anilines is 1. The summed E-state index contributed by atoms with van der Waals surface area (Å²) in [6.45, 7) is 0.363. The van der Waals surface area contributed by atoms with Gasteiger partial charge in [0.2, 0.25) is 0 Å². The van der Waals surface area contributed by atoms with Gasteiger partial charge >= 0.3 is 0 Å². The molecule has 1 saturated heterocycles. The van der Waals surface area contributed by atoms with Crippen LogP contribution in [0.3, 0.4) is 0 Å². The van der Waals surface area contributed by atoms with E-state index in [1.165, 1.54) is 16.7 Å². The molecule has 0 radical (unpaired) electrons. The first-order valence-electron chi connectivity index (χ1n) is 9.54. The van der Waals surface area contributed by atoms with Gasteiger partial charge in [-0.05, 0) is 47.5 Å². The van der Waals surface area contributed by atoms with E-state index < -0.39 is 0 Å². The maximum Gasteiger partial charge on any atom is 0.270 e. The van der Waals surface area contributed by atoms with Gasteiger partial charge in [0, 0.05) is 4.47 Å². The Morgan fingerprint density at radius 3 is 2.62 bits per heavy atom. The second-order valence-corrected chi connectivity index (χ2v) is 9.80. The number of amides is 1. The summed E-state index contributed by atoms with van der Waals surface area (Å²) in [4.78, 5) is 15.1. The van der Waals surface area contributed by atoms with Gasteiger partial charge in [0.25, 0.3) is 5.91 Å². The fraction of sp³-hybridized carbons (Fsp3) is 0.0833. The number of methoxy groups -OCH3 is 1. The number of hydrogen-bond donors (Lipinski definition) is 0. The quantitative estimate of drug-likeness (QED) is 0.244. The van der Waals surface area contributed by atoms with Crippen LogP contribution >= 0.6 is 51.5 Å². The summed E-state index contributed by atoms with van der Waals surface area (Å²) in [6, 6.07) is 20.8. The zero-order valence-corrected chi connectivity index (χ0v) is 20.9. The van der Waals surface area contributed by atoms with Crippen LogP contribution < -0.4 is 14.4 Å². The number of halogens is 2. The van der Waals surface area contributed by atoms with E-state index in [2.05, 4.69) is 15.9 Å². The van der Waals surface area contributed by atoms with Gasteiger partial charge in [-0.15, -0.1) is 0 Å². The Balaban J connectivity index is 1.59. The van der Waals surface area contributed by atoms with Gasteiger partial charge in [-0.2, -0.15) is 0 Å². The third-order valence-electron chi connectivity index (χ3n) is 4.64. The van der Waals surface area contributed by atoms with E-state index in [4.69, 9.17) is 33.3 Å². The first kappa shape index (κ1) is 22.9. The minimum atomic E-state index is -0.183. The van der Waals surface area contributed by atoms with Crippen LogP contribution in [0.25, 0.3) is 6.08 Å². The van der Waals surface area contributed by atoms with Gasteiger partial charge in [-0.25, -0.2) is 0 Å². The number of thioether (sulfide) groups is 1. The van der Waals surface area contributed by atoms with Crippen molar-refractivity contribution in [2.75, 3.05) is 12.0 Å². The van der Waals surface area contributed by atoms with Gasteiger partial charge in [-0.1, -0.05) is 87.9 Å². The van der Waals surface area contributed by atoms with Crippen LogP contribution in [-0.4, -0.2) is 17.3 Å². The number of thiocarbonyl (C=S) groups is 1. The standard InChI is InChI=1S/C24H17BrClNO3S2/c1-29-20-11-16(10-19(26)22(20)30-14-15-6-3-2-4-7-15)12-21-23(28)27(24(31)32-21)18-9-5-8-17(25)13-18/h2-13H,14H2,1H3/b21-12+. The van der Waals surface area contributed by atoms with Crippen molar-refractivity contribution >= 4 is 73.5 Å². The molecule has 0 atom stereocenters. The molecule has 8 heteroatoms. The largest absolute Gasteiger partial charge is 0.493 e. The van der Waals surface area contributed by atoms with E-state index in [1.54, 1.807) is 25.3 Å². The Morgan fingerprint density at radius 2 is 1.91 bits per heavy atom. The smallest absolute Gasteiger partial charge is 0.270 e. The number of benzene rings is 3. The third-order valence-corrected chi connectivity index (χ3v) is 6.71. The van der Waals surface area contributed by atoms with Crippen LogP contribution in [0.15, 0.2) is 76.1 Å². The predicted molar refractivity (Wildman–Crippen MR) is 139 cm³/mol. The highest BCUT2D eigenvalue weighted by Gasteiger charge is 2.33. The van der Waals surface area contributed by atoms with E-state index in [9.17, 15) is 4.79 Å². The fourth-order valence-corrected chi connectivity index (χ4v) is 5.11. The SMILES string of the molecule is COc1cc(/C=C2/SC(=S)N(c3cccc(Br)c3)C2=O)cc(Cl)c1OCc1ccccc1. The number of rotatable bonds is 6. The van der Waals surface area contributed by atoms with Crippen molar-refractivity contribution in [2.45, 2.75) is 6.61 Å². The van der Waals surface area contributed by atoms with E-state index in [1.807, 2.05) is 54.6 Å². The van der Waals surface area contributed by atoms with Crippen molar-refractivity contribution in [3.63, 3.8) is 0 Å². The maximum absolute atomic E-state index is 13.0. The van der Waals surface area contributed by atoms with E-state index in [0.717, 1.165) is 10.0 Å². The number of nitrogens with zero attached hydrogens (tertiary/aromatic N) is 1. The zero-order valence-electron chi connectivity index (χ0n) is 16.9. The molecule has 1 aliphatic rings. The van der Waals surface area contributed by atoms with E-state index >= 15 is 0 Å². The average Bonchev–Trinajstić information content (AvgIpc) is 3.06. The summed E-state index contributed by atoms with van der Waals surface area (Å²) in [6.07, 6.45) is 1.76. The second kappa shape index (κ2) is 10.1. The van der Waals surface area contributed by atoms with Crippen LogP contribution in [0.4, 0.5) is 5.69 Å². The molecule has 3 aromatic carbocycles. The summed E-state index contributed by atoms with van der Waals surface area (Å²) in [5, 5.41) is 0.397. The van der Waals surface area contributed by atoms with Crippen LogP contribution in [0.5, 0.6) is 11.5 Å². The van der Waals surface area contributed by atoms with Gasteiger partial charge in [0.1, 0.15) is 6.61 Å². The van der Waals surface area contributed by atoms with Crippen LogP contribution in [0, 0.1) is 0 Å². The lowest BCUT2D eigenvalue weighted by molar-refractivity contribution is -0.113. The topological polar surface area (TPSA) is 38.8 Å². The molecule has 0 saturated carbocycles. The molecule has 4 nitrogen and oxygen atoms in total. The summed E-state index contributed by atoms with van der Waals surface area (Å²) < 4.78 is 12.8. The summed E-state index contributed by atoms with van der Waals surface area (Å²) >= 11 is 16.6. The van der Waals surface area contributed by atoms with Crippen LogP contribution in [0.2, 0.25) is 5.02 Å². The molecule has 1 amide bonds. The Morgan fingerprint density at radius 1 is 1.12 bits per heavy atom. The molecule has 0 unspecified atom stereocenters. The first-order valence-corrected chi connectivity index (χ1v) is 11.9. The first-order chi connectivity index (χ1) is 15.5. The van der Waals surface area contributed by atoms with Gasteiger partial charge in [-0.3, -0.25) is 9.69 Å². The van der Waals surface area contributed by atoms with Gasteiger partial charge in [0.15, 0.2) is 15.8 Å². The molecule has 4 rings (SSSR count). The molecular weight excluding hydrogens is 530 g/mol. The highest BCUT2D eigenvalue weighted by atomic mass is 79.9. The van der Waals surface area contributed by atoms with Crippen molar-refractivity contribution in [1.29, 1.82) is 0 Å². The molecule has 0 spiro atoms. The lowest BCUT2D eigenvalue weighted by Crippen LogP contribution is -2.27. The fourth-order valence-electron chi connectivity index (χ4n) is 3.15. The van der Waals surface area contributed by atoms with Gasteiger partial charge < -0.3 is 9.47 Å². The molecular formula is C24H17BrClNO3S2. The average molecular weight is 547 g/mol. The molecule has 1 heterocycles. The minimum Gasteiger partial charge on any atom is -0.493 e. The molecule has 0 aromatic heterocycles. The van der Waals surface area contributed by atoms with E-state index in [-0.39, 0.29) is 5.91 Å². The normalized spacial score (nSPS) is 14.8. The highest BCUT2D eigenvalue weighted by Crippen LogP contribution is 2.40. The van der Waals surface area contributed by atoms with Crippen molar-refractivity contribution in [2.24, 2.45) is 0 Å². The Hall–Kier alpha value is -2.32. The number of ether oxygens (including phenoxy) is 2. The molecule has 0 N–H and O–H groups in total. The zero-order chi connectivity index (χ0) is 22.7. The molecule has 3 aromatic rings. The second-order valence-electron chi connectivity index (χ2n) is 6.81. The molecule has 32 heavy (non-hydrogen) atoms. The van der Waals surface area contributed by atoms with Crippen LogP contribution in [-0.2, 0) is 11.4 Å². The minimum absolute atomic E-state index is 0.183. The van der Waals surface area contributed by atoms with Crippen molar-refractivity contribution in [3.8, 4) is 11.5 Å². The van der Waals surface area contributed by atoms with Gasteiger partial charge in [0.05, 0.1) is 22.7 Å². The number of hydrogen-bond acceptors (Lipinski definition) is 5. The Kier molecular flexibility index (Phi) is 7.20. The van der Waals surface area contributed by atoms with Crippen LogP contribution in [0.1, 0.15) is 11.1 Å². The Labute approximate surface area is 209 Å².